The van der Waals surface area contributed by atoms with Gasteiger partial charge in [0, 0.05) is 12.1 Å². The minimum Gasteiger partial charge on any atom is -0.497 e. The Balaban J connectivity index is 1.74. The average molecular weight is 329 g/mol. The van der Waals surface area contributed by atoms with E-state index in [9.17, 15) is 4.79 Å². The molecule has 0 amide bonds. The number of carbonyl (C=O) groups is 1. The molecule has 1 aromatic carbocycles. The van der Waals surface area contributed by atoms with Crippen molar-refractivity contribution < 1.29 is 14.3 Å². The second-order valence-electron chi connectivity index (χ2n) is 7.85. The molecule has 0 spiro atoms. The molecule has 24 heavy (non-hydrogen) atoms. The molecule has 3 unspecified atom stereocenters. The molecule has 1 saturated carbocycles. The monoisotopic (exact) mass is 329 g/mol. The largest absolute Gasteiger partial charge is 0.497 e. The zero-order valence-electron chi connectivity index (χ0n) is 15.0. The second-order valence-corrected chi connectivity index (χ2v) is 7.85. The van der Waals surface area contributed by atoms with Crippen LogP contribution in [-0.2, 0) is 21.4 Å². The van der Waals surface area contributed by atoms with Crippen molar-refractivity contribution in [2.45, 2.75) is 50.6 Å². The molecule has 0 N–H and O–H groups in total. The lowest BCUT2D eigenvalue weighted by Crippen LogP contribution is -2.68. The first-order valence-electron chi connectivity index (χ1n) is 9.05. The maximum absolute atomic E-state index is 12.4. The van der Waals surface area contributed by atoms with Gasteiger partial charge in [-0.25, -0.2) is 0 Å². The predicted molar refractivity (Wildman–Crippen MR) is 92.2 cm³/mol. The Bertz CT molecular complexity index is 673. The highest BCUT2D eigenvalue weighted by Gasteiger charge is 2.60. The molecule has 2 saturated heterocycles. The van der Waals surface area contributed by atoms with E-state index in [1.165, 1.54) is 11.1 Å². The van der Waals surface area contributed by atoms with E-state index in [4.69, 9.17) is 9.47 Å². The third-order valence-electron chi connectivity index (χ3n) is 6.89. The maximum Gasteiger partial charge on any atom is 0.310 e. The average Bonchev–Trinajstić information content (AvgIpc) is 2.58. The van der Waals surface area contributed by atoms with Crippen LogP contribution in [0.3, 0.4) is 0 Å². The van der Waals surface area contributed by atoms with Crippen molar-refractivity contribution >= 4 is 5.97 Å². The minimum absolute atomic E-state index is 0.00807. The quantitative estimate of drug-likeness (QED) is 0.800. The molecule has 2 aliphatic heterocycles. The normalized spacial score (nSPS) is 37.0. The fourth-order valence-electron chi connectivity index (χ4n) is 5.67. The number of piperidine rings is 2. The number of hydrogen-bond acceptors (Lipinski definition) is 4. The van der Waals surface area contributed by atoms with Crippen LogP contribution in [0, 0.1) is 11.8 Å². The van der Waals surface area contributed by atoms with Crippen LogP contribution < -0.4 is 4.74 Å². The van der Waals surface area contributed by atoms with Crippen molar-refractivity contribution in [3.63, 3.8) is 0 Å². The summed E-state index contributed by atoms with van der Waals surface area (Å²) in [6.45, 7) is 4.75. The maximum atomic E-state index is 12.4. The number of likely N-dealkylation sites (N-methyl/N-ethyl adjacent to an activating group) is 1. The second kappa shape index (κ2) is 5.48. The molecule has 4 bridgehead atoms. The number of carbonyl (C=O) groups excluding carboxylic acids is 1. The molecular weight excluding hydrogens is 302 g/mol. The Morgan fingerprint density at radius 2 is 2.17 bits per heavy atom. The molecule has 4 nitrogen and oxygen atoms in total. The van der Waals surface area contributed by atoms with Gasteiger partial charge in [-0.3, -0.25) is 9.69 Å². The minimum atomic E-state index is -0.00807. The van der Waals surface area contributed by atoms with Gasteiger partial charge in [-0.15, -0.1) is 0 Å². The summed E-state index contributed by atoms with van der Waals surface area (Å²) < 4.78 is 10.8. The van der Waals surface area contributed by atoms with Gasteiger partial charge in [0.15, 0.2) is 0 Å². The van der Waals surface area contributed by atoms with Gasteiger partial charge in [-0.05, 0) is 67.8 Å². The third kappa shape index (κ3) is 2.05. The number of fused-ring (bicyclic) bond motifs is 2. The smallest absolute Gasteiger partial charge is 0.310 e. The Hall–Kier alpha value is -1.55. The fourth-order valence-corrected chi connectivity index (χ4v) is 5.67. The molecular formula is C20H27NO3. The SMILES string of the molecule is CCOC(=O)[C@H]1CC2C3Cc4ccc(OC)cc4[C@]2(C)CC1N3C. The summed E-state index contributed by atoms with van der Waals surface area (Å²) in [5.41, 5.74) is 3.01. The first-order chi connectivity index (χ1) is 11.5. The van der Waals surface area contributed by atoms with Crippen molar-refractivity contribution in [3.05, 3.63) is 29.3 Å². The molecule has 130 valence electrons. The molecule has 2 heterocycles. The molecule has 0 radical (unpaired) electrons. The lowest BCUT2D eigenvalue weighted by atomic mass is 9.50. The Labute approximate surface area is 144 Å². The highest BCUT2D eigenvalue weighted by Crippen LogP contribution is 2.58. The highest BCUT2D eigenvalue weighted by molar-refractivity contribution is 5.74. The molecule has 4 aliphatic rings. The van der Waals surface area contributed by atoms with E-state index in [2.05, 4.69) is 37.1 Å². The van der Waals surface area contributed by atoms with Gasteiger partial charge >= 0.3 is 5.97 Å². The number of methoxy groups -OCH3 is 1. The van der Waals surface area contributed by atoms with E-state index >= 15 is 0 Å². The van der Waals surface area contributed by atoms with E-state index in [1.54, 1.807) is 7.11 Å². The number of nitrogens with zero attached hydrogens (tertiary/aromatic N) is 1. The Kier molecular flexibility index (Phi) is 3.64. The number of benzene rings is 1. The lowest BCUT2D eigenvalue weighted by molar-refractivity contribution is -0.164. The lowest BCUT2D eigenvalue weighted by Gasteiger charge is -2.63. The van der Waals surface area contributed by atoms with Crippen LogP contribution in [0.2, 0.25) is 0 Å². The van der Waals surface area contributed by atoms with Gasteiger partial charge in [0.25, 0.3) is 0 Å². The van der Waals surface area contributed by atoms with Crippen LogP contribution in [-0.4, -0.2) is 43.7 Å². The van der Waals surface area contributed by atoms with Crippen LogP contribution in [0.4, 0.5) is 0 Å². The van der Waals surface area contributed by atoms with Crippen LogP contribution in [0.1, 0.15) is 37.8 Å². The molecule has 1 aromatic rings. The Morgan fingerprint density at radius 3 is 2.88 bits per heavy atom. The summed E-state index contributed by atoms with van der Waals surface area (Å²) in [6, 6.07) is 7.34. The van der Waals surface area contributed by atoms with E-state index in [0.717, 1.165) is 25.0 Å². The van der Waals surface area contributed by atoms with E-state index < -0.39 is 0 Å². The van der Waals surface area contributed by atoms with Crippen LogP contribution >= 0.6 is 0 Å². The van der Waals surface area contributed by atoms with E-state index in [0.29, 0.717) is 18.6 Å². The van der Waals surface area contributed by atoms with Gasteiger partial charge in [0.2, 0.25) is 0 Å². The topological polar surface area (TPSA) is 38.8 Å². The van der Waals surface area contributed by atoms with E-state index in [-0.39, 0.29) is 23.3 Å². The van der Waals surface area contributed by atoms with Crippen molar-refractivity contribution in [2.75, 3.05) is 20.8 Å². The summed E-state index contributed by atoms with van der Waals surface area (Å²) in [5.74, 6) is 1.45. The fraction of sp³-hybridized carbons (Fsp3) is 0.650. The molecule has 5 atom stereocenters. The van der Waals surface area contributed by atoms with Gasteiger partial charge in [-0.1, -0.05) is 13.0 Å². The van der Waals surface area contributed by atoms with Gasteiger partial charge in [-0.2, -0.15) is 0 Å². The summed E-state index contributed by atoms with van der Waals surface area (Å²) in [5, 5.41) is 0. The summed E-state index contributed by atoms with van der Waals surface area (Å²) >= 11 is 0. The van der Waals surface area contributed by atoms with E-state index in [1.807, 2.05) is 6.92 Å². The highest BCUT2D eigenvalue weighted by atomic mass is 16.5. The van der Waals surface area contributed by atoms with Gasteiger partial charge in [0.1, 0.15) is 5.75 Å². The predicted octanol–water partition coefficient (Wildman–Crippen LogP) is 2.78. The van der Waals surface area contributed by atoms with Crippen LogP contribution in [0.25, 0.3) is 0 Å². The zero-order chi connectivity index (χ0) is 17.1. The third-order valence-corrected chi connectivity index (χ3v) is 6.89. The Morgan fingerprint density at radius 1 is 1.38 bits per heavy atom. The number of hydrogen-bond donors (Lipinski definition) is 0. The van der Waals surface area contributed by atoms with Crippen LogP contribution in [0.5, 0.6) is 5.75 Å². The number of esters is 1. The zero-order valence-corrected chi connectivity index (χ0v) is 15.0. The van der Waals surface area contributed by atoms with Crippen molar-refractivity contribution in [3.8, 4) is 5.75 Å². The van der Waals surface area contributed by atoms with Crippen molar-refractivity contribution in [1.82, 2.24) is 4.90 Å². The summed E-state index contributed by atoms with van der Waals surface area (Å²) in [4.78, 5) is 14.9. The number of ether oxygens (including phenoxy) is 2. The molecule has 3 fully saturated rings. The summed E-state index contributed by atoms with van der Waals surface area (Å²) in [6.07, 6.45) is 3.04. The van der Waals surface area contributed by atoms with Crippen molar-refractivity contribution in [1.29, 1.82) is 0 Å². The summed E-state index contributed by atoms with van der Waals surface area (Å²) in [7, 11) is 3.93. The number of rotatable bonds is 3. The van der Waals surface area contributed by atoms with Gasteiger partial charge in [0.05, 0.1) is 19.6 Å². The molecule has 0 aromatic heterocycles. The first-order valence-corrected chi connectivity index (χ1v) is 9.05. The molecule has 2 aliphatic carbocycles. The van der Waals surface area contributed by atoms with Crippen molar-refractivity contribution in [2.24, 2.45) is 11.8 Å². The standard InChI is InChI=1S/C20H27NO3/c1-5-24-19(22)14-10-16-17-8-12-6-7-13(23-4)9-15(12)20(16,2)11-18(14)21(17)3/h6-7,9,14,16-18H,5,8,10-11H2,1-4H3/t14-,16?,17?,18?,20-/m0/s1. The molecule has 4 heteroatoms. The van der Waals surface area contributed by atoms with Crippen LogP contribution in [0.15, 0.2) is 18.2 Å². The molecule has 5 rings (SSSR count). The first kappa shape index (κ1) is 15.9. The van der Waals surface area contributed by atoms with Gasteiger partial charge < -0.3 is 9.47 Å².